The summed E-state index contributed by atoms with van der Waals surface area (Å²) in [5.74, 6) is 0. The number of nitrogens with zero attached hydrogens (tertiary/aromatic N) is 3. The topological polar surface area (TPSA) is 50.9 Å². The molecular weight excluding hydrogens is 214 g/mol. The Kier molecular flexibility index (Phi) is 3.54. The van der Waals surface area contributed by atoms with E-state index in [4.69, 9.17) is 0 Å². The van der Waals surface area contributed by atoms with Crippen LogP contribution in [0.1, 0.15) is 29.8 Å². The zero-order valence-electron chi connectivity index (χ0n) is 10.2. The van der Waals surface area contributed by atoms with Gasteiger partial charge in [-0.1, -0.05) is 36.4 Å². The predicted molar refractivity (Wildman–Crippen MR) is 65.5 cm³/mol. The smallest absolute Gasteiger partial charge is 0.0856 e. The molecule has 17 heavy (non-hydrogen) atoms. The summed E-state index contributed by atoms with van der Waals surface area (Å²) in [6.45, 7) is 2.09. The first-order valence-corrected chi connectivity index (χ1v) is 5.81. The number of aliphatic hydroxyl groups excluding tert-OH is 1. The van der Waals surface area contributed by atoms with Crippen molar-refractivity contribution in [3.63, 3.8) is 0 Å². The molecule has 0 bridgehead atoms. The molecule has 0 aliphatic rings. The van der Waals surface area contributed by atoms with Crippen LogP contribution in [0.25, 0.3) is 0 Å². The normalized spacial score (nSPS) is 12.6. The molecule has 2 rings (SSSR count). The first-order chi connectivity index (χ1) is 8.20. The van der Waals surface area contributed by atoms with Crippen LogP contribution in [0.3, 0.4) is 0 Å². The lowest BCUT2D eigenvalue weighted by Gasteiger charge is -2.13. The van der Waals surface area contributed by atoms with Crippen molar-refractivity contribution in [3.8, 4) is 0 Å². The zero-order chi connectivity index (χ0) is 12.3. The van der Waals surface area contributed by atoms with E-state index in [1.807, 2.05) is 31.4 Å². The summed E-state index contributed by atoms with van der Waals surface area (Å²) in [5.41, 5.74) is 2.98. The Balaban J connectivity index is 2.16. The van der Waals surface area contributed by atoms with Gasteiger partial charge in [0.05, 0.1) is 11.8 Å². The Hall–Kier alpha value is -1.68. The quantitative estimate of drug-likeness (QED) is 0.870. The van der Waals surface area contributed by atoms with Crippen molar-refractivity contribution in [2.24, 2.45) is 7.05 Å². The van der Waals surface area contributed by atoms with Crippen LogP contribution in [0.2, 0.25) is 0 Å². The van der Waals surface area contributed by atoms with Gasteiger partial charge in [0.2, 0.25) is 0 Å². The minimum atomic E-state index is -0.511. The summed E-state index contributed by atoms with van der Waals surface area (Å²) < 4.78 is 1.65. The van der Waals surface area contributed by atoms with Crippen LogP contribution in [-0.2, 0) is 19.9 Å². The van der Waals surface area contributed by atoms with E-state index in [2.05, 4.69) is 23.3 Å². The molecule has 1 heterocycles. The van der Waals surface area contributed by atoms with E-state index in [9.17, 15) is 5.11 Å². The standard InChI is InChI=1S/C13H17N3O/c1-3-10-6-4-5-7-12(10)13(17)8-11-9-16(2)15-14-11/h4-7,9,13,17H,3,8H2,1-2H3. The summed E-state index contributed by atoms with van der Waals surface area (Å²) in [4.78, 5) is 0. The van der Waals surface area contributed by atoms with Gasteiger partial charge >= 0.3 is 0 Å². The molecule has 90 valence electrons. The third kappa shape index (κ3) is 2.71. The first-order valence-electron chi connectivity index (χ1n) is 5.81. The molecule has 1 aromatic carbocycles. The molecule has 0 aliphatic heterocycles. The molecule has 0 spiro atoms. The second-order valence-electron chi connectivity index (χ2n) is 4.16. The minimum absolute atomic E-state index is 0.505. The Labute approximate surface area is 101 Å². The number of hydrogen-bond acceptors (Lipinski definition) is 3. The average Bonchev–Trinajstić information content (AvgIpc) is 2.74. The van der Waals surface area contributed by atoms with Crippen LogP contribution >= 0.6 is 0 Å². The lowest BCUT2D eigenvalue weighted by atomic mass is 9.98. The van der Waals surface area contributed by atoms with Gasteiger partial charge in [-0.2, -0.15) is 0 Å². The molecule has 4 nitrogen and oxygen atoms in total. The minimum Gasteiger partial charge on any atom is -0.388 e. The van der Waals surface area contributed by atoms with Crippen LogP contribution < -0.4 is 0 Å². The maximum absolute atomic E-state index is 10.2. The second-order valence-corrected chi connectivity index (χ2v) is 4.16. The Bertz CT molecular complexity index is 493. The van der Waals surface area contributed by atoms with Crippen LogP contribution in [-0.4, -0.2) is 20.1 Å². The van der Waals surface area contributed by atoms with Crippen molar-refractivity contribution in [1.29, 1.82) is 0 Å². The largest absolute Gasteiger partial charge is 0.388 e. The van der Waals surface area contributed by atoms with Gasteiger partial charge in [-0.3, -0.25) is 4.68 Å². The maximum Gasteiger partial charge on any atom is 0.0856 e. The second kappa shape index (κ2) is 5.10. The molecule has 0 aliphatic carbocycles. The van der Waals surface area contributed by atoms with Crippen LogP contribution in [0, 0.1) is 0 Å². The molecular formula is C13H17N3O. The summed E-state index contributed by atoms with van der Waals surface area (Å²) in [7, 11) is 1.82. The van der Waals surface area contributed by atoms with Gasteiger partial charge in [-0.05, 0) is 17.5 Å². The summed E-state index contributed by atoms with van der Waals surface area (Å²) in [5, 5.41) is 18.1. The fourth-order valence-corrected chi connectivity index (χ4v) is 1.98. The molecule has 2 aromatic rings. The number of aromatic nitrogens is 3. The van der Waals surface area contributed by atoms with Crippen molar-refractivity contribution in [2.75, 3.05) is 0 Å². The Morgan fingerprint density at radius 3 is 2.76 bits per heavy atom. The number of benzene rings is 1. The van der Waals surface area contributed by atoms with E-state index in [1.54, 1.807) is 4.68 Å². The number of rotatable bonds is 4. The van der Waals surface area contributed by atoms with Gasteiger partial charge in [0.15, 0.2) is 0 Å². The van der Waals surface area contributed by atoms with Crippen molar-refractivity contribution in [2.45, 2.75) is 25.9 Å². The molecule has 4 heteroatoms. The molecule has 0 saturated carbocycles. The van der Waals surface area contributed by atoms with Crippen LogP contribution in [0.15, 0.2) is 30.5 Å². The van der Waals surface area contributed by atoms with Gasteiger partial charge in [0.1, 0.15) is 0 Å². The lowest BCUT2D eigenvalue weighted by Crippen LogP contribution is -2.05. The Morgan fingerprint density at radius 1 is 1.35 bits per heavy atom. The lowest BCUT2D eigenvalue weighted by molar-refractivity contribution is 0.176. The highest BCUT2D eigenvalue weighted by molar-refractivity contribution is 5.29. The summed E-state index contributed by atoms with van der Waals surface area (Å²) >= 11 is 0. The highest BCUT2D eigenvalue weighted by Gasteiger charge is 2.13. The van der Waals surface area contributed by atoms with Crippen LogP contribution in [0.4, 0.5) is 0 Å². The number of hydrogen-bond donors (Lipinski definition) is 1. The molecule has 1 aromatic heterocycles. The third-order valence-electron chi connectivity index (χ3n) is 2.85. The number of aryl methyl sites for hydroxylation is 2. The van der Waals surface area contributed by atoms with Crippen molar-refractivity contribution >= 4 is 0 Å². The van der Waals surface area contributed by atoms with Crippen molar-refractivity contribution < 1.29 is 5.11 Å². The maximum atomic E-state index is 10.2. The molecule has 0 fully saturated rings. The molecule has 0 radical (unpaired) electrons. The average molecular weight is 231 g/mol. The highest BCUT2D eigenvalue weighted by atomic mass is 16.3. The number of aliphatic hydroxyl groups is 1. The summed E-state index contributed by atoms with van der Waals surface area (Å²) in [6.07, 6.45) is 2.75. The van der Waals surface area contributed by atoms with E-state index < -0.39 is 6.10 Å². The van der Waals surface area contributed by atoms with Crippen LogP contribution in [0.5, 0.6) is 0 Å². The van der Waals surface area contributed by atoms with Gasteiger partial charge in [-0.15, -0.1) is 5.10 Å². The molecule has 1 atom stereocenters. The van der Waals surface area contributed by atoms with E-state index in [0.29, 0.717) is 6.42 Å². The Morgan fingerprint density at radius 2 is 2.12 bits per heavy atom. The zero-order valence-corrected chi connectivity index (χ0v) is 10.2. The van der Waals surface area contributed by atoms with E-state index >= 15 is 0 Å². The first kappa shape index (κ1) is 11.8. The van der Waals surface area contributed by atoms with Gasteiger partial charge < -0.3 is 5.11 Å². The molecule has 0 amide bonds. The van der Waals surface area contributed by atoms with Gasteiger partial charge in [-0.25, -0.2) is 0 Å². The molecule has 1 N–H and O–H groups in total. The third-order valence-corrected chi connectivity index (χ3v) is 2.85. The fourth-order valence-electron chi connectivity index (χ4n) is 1.98. The molecule has 0 saturated heterocycles. The van der Waals surface area contributed by atoms with Crippen molar-refractivity contribution in [1.82, 2.24) is 15.0 Å². The monoisotopic (exact) mass is 231 g/mol. The SMILES string of the molecule is CCc1ccccc1C(O)Cc1cn(C)nn1. The summed E-state index contributed by atoms with van der Waals surface area (Å²) in [6, 6.07) is 7.97. The van der Waals surface area contributed by atoms with E-state index in [1.165, 1.54) is 5.56 Å². The van der Waals surface area contributed by atoms with Crippen molar-refractivity contribution in [3.05, 3.63) is 47.3 Å². The van der Waals surface area contributed by atoms with Gasteiger partial charge in [0.25, 0.3) is 0 Å². The van der Waals surface area contributed by atoms with Gasteiger partial charge in [0, 0.05) is 19.7 Å². The highest BCUT2D eigenvalue weighted by Crippen LogP contribution is 2.21. The van der Waals surface area contributed by atoms with E-state index in [-0.39, 0.29) is 0 Å². The molecule has 1 unspecified atom stereocenters. The fraction of sp³-hybridized carbons (Fsp3) is 0.385. The predicted octanol–water partition coefficient (Wildman–Crippen LogP) is 1.65. The van der Waals surface area contributed by atoms with E-state index in [0.717, 1.165) is 17.7 Å².